The Morgan fingerprint density at radius 1 is 1.39 bits per heavy atom. The summed E-state index contributed by atoms with van der Waals surface area (Å²) in [5.41, 5.74) is 1.76. The van der Waals surface area contributed by atoms with Crippen molar-refractivity contribution in [3.05, 3.63) is 58.3 Å². The number of nitrogens with zero attached hydrogens (tertiary/aromatic N) is 2. The predicted octanol–water partition coefficient (Wildman–Crippen LogP) is 3.90. The minimum atomic E-state index is -0.313. The number of carbonyl (C=O) groups excluding carboxylic acids is 2. The Kier molecular flexibility index (Phi) is 4.27. The summed E-state index contributed by atoms with van der Waals surface area (Å²) >= 11 is 7.53. The second-order valence-electron chi connectivity index (χ2n) is 4.80. The summed E-state index contributed by atoms with van der Waals surface area (Å²) in [5, 5.41) is 4.95. The Labute approximate surface area is 141 Å². The molecule has 23 heavy (non-hydrogen) atoms. The van der Waals surface area contributed by atoms with Gasteiger partial charge in [-0.1, -0.05) is 23.7 Å². The molecule has 7 heteroatoms. The number of fused-ring (bicyclic) bond motifs is 1. The van der Waals surface area contributed by atoms with Gasteiger partial charge in [-0.3, -0.25) is 14.0 Å². The quantitative estimate of drug-likeness (QED) is 0.576. The topological polar surface area (TPSA) is 63.5 Å². The number of rotatable bonds is 4. The highest BCUT2D eigenvalue weighted by Gasteiger charge is 2.09. The molecule has 1 N–H and O–H groups in total. The van der Waals surface area contributed by atoms with Crippen molar-refractivity contribution in [1.29, 1.82) is 0 Å². The third-order valence-electron chi connectivity index (χ3n) is 3.18. The molecule has 2 aromatic heterocycles. The number of aromatic nitrogens is 2. The maximum atomic E-state index is 12.0. The number of benzene rings is 1. The fraction of sp³-hybridized carbons (Fsp3) is 0.0625. The molecule has 0 unspecified atom stereocenters. The summed E-state index contributed by atoms with van der Waals surface area (Å²) in [4.78, 5) is 28.3. The van der Waals surface area contributed by atoms with E-state index in [0.717, 1.165) is 4.96 Å². The monoisotopic (exact) mass is 345 g/mol. The van der Waals surface area contributed by atoms with Gasteiger partial charge in [-0.25, -0.2) is 4.98 Å². The van der Waals surface area contributed by atoms with Gasteiger partial charge in [0.1, 0.15) is 0 Å². The van der Waals surface area contributed by atoms with Crippen LogP contribution in [0.5, 0.6) is 0 Å². The van der Waals surface area contributed by atoms with Gasteiger partial charge in [0.15, 0.2) is 15.9 Å². The van der Waals surface area contributed by atoms with Crippen molar-refractivity contribution >= 4 is 51.4 Å². The maximum Gasteiger partial charge on any atom is 0.248 e. The molecule has 1 amide bonds. The summed E-state index contributed by atoms with van der Waals surface area (Å²) in [5.74, 6) is -0.366. The molecular weight excluding hydrogens is 334 g/mol. The van der Waals surface area contributed by atoms with Gasteiger partial charge in [0.05, 0.1) is 5.69 Å². The summed E-state index contributed by atoms with van der Waals surface area (Å²) < 4.78 is 1.81. The molecule has 2 heterocycles. The van der Waals surface area contributed by atoms with Gasteiger partial charge >= 0.3 is 0 Å². The van der Waals surface area contributed by atoms with Gasteiger partial charge in [0.25, 0.3) is 0 Å². The lowest BCUT2D eigenvalue weighted by Gasteiger charge is -2.03. The largest absolute Gasteiger partial charge is 0.322 e. The fourth-order valence-corrected chi connectivity index (χ4v) is 3.09. The van der Waals surface area contributed by atoms with Crippen molar-refractivity contribution in [2.24, 2.45) is 0 Å². The Hall–Kier alpha value is -2.44. The number of halogens is 1. The number of Topliss-reactive ketones (excluding diaryl/α,β-unsaturated/α-hetero) is 1. The van der Waals surface area contributed by atoms with Gasteiger partial charge < -0.3 is 5.32 Å². The SMILES string of the molecule is CC(=O)c1cccc(NC(=O)/C=C/c2c(Cl)nc3sccn23)c1. The molecule has 0 aliphatic carbocycles. The molecule has 0 aliphatic heterocycles. The van der Waals surface area contributed by atoms with Crippen LogP contribution in [0.4, 0.5) is 5.69 Å². The van der Waals surface area contributed by atoms with Crippen LogP contribution in [0.15, 0.2) is 41.9 Å². The summed E-state index contributed by atoms with van der Waals surface area (Å²) in [6, 6.07) is 6.78. The predicted molar refractivity (Wildman–Crippen MR) is 92.2 cm³/mol. The Morgan fingerprint density at radius 2 is 2.22 bits per heavy atom. The molecule has 0 aliphatic rings. The van der Waals surface area contributed by atoms with Crippen LogP contribution in [-0.4, -0.2) is 21.1 Å². The van der Waals surface area contributed by atoms with Crippen molar-refractivity contribution in [3.63, 3.8) is 0 Å². The number of hydrogen-bond acceptors (Lipinski definition) is 4. The smallest absolute Gasteiger partial charge is 0.248 e. The number of thiazole rings is 1. The maximum absolute atomic E-state index is 12.0. The van der Waals surface area contributed by atoms with Crippen LogP contribution in [0.3, 0.4) is 0 Å². The van der Waals surface area contributed by atoms with E-state index in [2.05, 4.69) is 10.3 Å². The van der Waals surface area contributed by atoms with Crippen LogP contribution < -0.4 is 5.32 Å². The van der Waals surface area contributed by atoms with Gasteiger partial charge in [-0.15, -0.1) is 11.3 Å². The minimum absolute atomic E-state index is 0.0532. The molecule has 3 aromatic rings. The molecule has 0 spiro atoms. The first-order chi connectivity index (χ1) is 11.0. The van der Waals surface area contributed by atoms with Crippen LogP contribution in [0.25, 0.3) is 11.0 Å². The van der Waals surface area contributed by atoms with E-state index in [0.29, 0.717) is 22.1 Å². The molecule has 116 valence electrons. The molecule has 1 aromatic carbocycles. The fourth-order valence-electron chi connectivity index (χ4n) is 2.08. The third-order valence-corrected chi connectivity index (χ3v) is 4.22. The molecule has 0 bridgehead atoms. The van der Waals surface area contributed by atoms with Gasteiger partial charge in [0.2, 0.25) is 5.91 Å². The number of ketones is 1. The number of anilines is 1. The highest BCUT2D eigenvalue weighted by Crippen LogP contribution is 2.22. The lowest BCUT2D eigenvalue weighted by Crippen LogP contribution is -2.08. The summed E-state index contributed by atoms with van der Waals surface area (Å²) in [7, 11) is 0. The second-order valence-corrected chi connectivity index (χ2v) is 6.03. The zero-order chi connectivity index (χ0) is 16.4. The highest BCUT2D eigenvalue weighted by atomic mass is 35.5. The van der Waals surface area contributed by atoms with E-state index >= 15 is 0 Å². The van der Waals surface area contributed by atoms with E-state index in [1.54, 1.807) is 30.3 Å². The zero-order valence-electron chi connectivity index (χ0n) is 12.1. The van der Waals surface area contributed by atoms with E-state index in [-0.39, 0.29) is 11.7 Å². The lowest BCUT2D eigenvalue weighted by atomic mass is 10.1. The minimum Gasteiger partial charge on any atom is -0.322 e. The van der Waals surface area contributed by atoms with Gasteiger partial charge in [-0.05, 0) is 25.1 Å². The van der Waals surface area contributed by atoms with Crippen LogP contribution >= 0.6 is 22.9 Å². The molecule has 0 atom stereocenters. The first-order valence-electron chi connectivity index (χ1n) is 6.76. The van der Waals surface area contributed by atoms with Crippen molar-refractivity contribution in [2.75, 3.05) is 5.32 Å². The number of amides is 1. The van der Waals surface area contributed by atoms with Crippen molar-refractivity contribution in [2.45, 2.75) is 6.92 Å². The van der Waals surface area contributed by atoms with Crippen LogP contribution in [0.1, 0.15) is 23.0 Å². The second kappa shape index (κ2) is 6.36. The number of imidazole rings is 1. The van der Waals surface area contributed by atoms with Crippen molar-refractivity contribution in [1.82, 2.24) is 9.38 Å². The number of nitrogens with one attached hydrogen (secondary N) is 1. The zero-order valence-corrected chi connectivity index (χ0v) is 13.7. The van der Waals surface area contributed by atoms with E-state index < -0.39 is 0 Å². The first-order valence-corrected chi connectivity index (χ1v) is 8.01. The Bertz CT molecular complexity index is 926. The Morgan fingerprint density at radius 3 is 3.00 bits per heavy atom. The first kappa shape index (κ1) is 15.5. The van der Waals surface area contributed by atoms with E-state index in [9.17, 15) is 9.59 Å². The van der Waals surface area contributed by atoms with E-state index in [1.807, 2.05) is 16.0 Å². The standard InChI is InChI=1S/C16H12ClN3O2S/c1-10(21)11-3-2-4-12(9-11)18-14(22)6-5-13-15(17)19-16-20(13)7-8-23-16/h2-9H,1H3,(H,18,22)/b6-5+. The average Bonchev–Trinajstić information content (AvgIpc) is 3.06. The van der Waals surface area contributed by atoms with Crippen LogP contribution in [0, 0.1) is 0 Å². The molecule has 5 nitrogen and oxygen atoms in total. The van der Waals surface area contributed by atoms with E-state index in [1.165, 1.54) is 24.3 Å². The third kappa shape index (κ3) is 3.33. The summed E-state index contributed by atoms with van der Waals surface area (Å²) in [6.45, 7) is 1.48. The van der Waals surface area contributed by atoms with Crippen LogP contribution in [-0.2, 0) is 4.79 Å². The van der Waals surface area contributed by atoms with E-state index in [4.69, 9.17) is 11.6 Å². The highest BCUT2D eigenvalue weighted by molar-refractivity contribution is 7.15. The molecule has 3 rings (SSSR count). The molecular formula is C16H12ClN3O2S. The average molecular weight is 346 g/mol. The Balaban J connectivity index is 1.77. The van der Waals surface area contributed by atoms with Gasteiger partial charge in [-0.2, -0.15) is 0 Å². The number of hydrogen-bond donors (Lipinski definition) is 1. The lowest BCUT2D eigenvalue weighted by molar-refractivity contribution is -0.111. The molecule has 0 fully saturated rings. The molecule has 0 saturated carbocycles. The number of carbonyl (C=O) groups is 2. The molecule has 0 radical (unpaired) electrons. The molecule has 0 saturated heterocycles. The van der Waals surface area contributed by atoms with Crippen molar-refractivity contribution < 1.29 is 9.59 Å². The van der Waals surface area contributed by atoms with Crippen LogP contribution in [0.2, 0.25) is 5.15 Å². The van der Waals surface area contributed by atoms with Crippen molar-refractivity contribution in [3.8, 4) is 0 Å². The summed E-state index contributed by atoms with van der Waals surface area (Å²) in [6.07, 6.45) is 4.83. The normalized spacial score (nSPS) is 11.2. The van der Waals surface area contributed by atoms with Gasteiger partial charge in [0, 0.05) is 28.9 Å².